The molecule has 2 fully saturated rings. The van der Waals surface area contributed by atoms with Crippen LogP contribution in [0.2, 0.25) is 0 Å². The Morgan fingerprint density at radius 2 is 1.67 bits per heavy atom. The van der Waals surface area contributed by atoms with Gasteiger partial charge in [-0.3, -0.25) is 5.32 Å². The lowest BCUT2D eigenvalue weighted by Gasteiger charge is -2.36. The Bertz CT molecular complexity index is 1990. The first-order chi connectivity index (χ1) is 24.5. The fraction of sp³-hybridized carbons (Fsp3) is 0.541. The second-order valence-corrected chi connectivity index (χ2v) is 16.3. The van der Waals surface area contributed by atoms with Gasteiger partial charge in [-0.15, -0.1) is 0 Å². The number of hydrogen-bond donors (Lipinski definition) is 1. The van der Waals surface area contributed by atoms with E-state index in [-0.39, 0.29) is 44.6 Å². The maximum atomic E-state index is 17.2. The summed E-state index contributed by atoms with van der Waals surface area (Å²) in [6, 6.07) is 4.89. The van der Waals surface area contributed by atoms with E-state index in [9.17, 15) is 9.59 Å². The normalized spacial score (nSPS) is 17.2. The number of aryl methyl sites for hydroxylation is 1. The van der Waals surface area contributed by atoms with E-state index < -0.39 is 28.9 Å². The van der Waals surface area contributed by atoms with Crippen LogP contribution in [0.4, 0.5) is 29.3 Å². The van der Waals surface area contributed by atoms with E-state index in [1.165, 1.54) is 12.1 Å². The Labute approximate surface area is 306 Å². The van der Waals surface area contributed by atoms with Crippen LogP contribution in [0.1, 0.15) is 66.9 Å². The number of hydrogen-bond acceptors (Lipinski definition) is 11. The summed E-state index contributed by atoms with van der Waals surface area (Å²) in [4.78, 5) is 45.2. The molecule has 0 aliphatic carbocycles. The Balaban J connectivity index is 1.42. The minimum atomic E-state index is -0.747. The predicted molar refractivity (Wildman–Crippen MR) is 198 cm³/mol. The number of likely N-dealkylation sites (tertiary alicyclic amines) is 1. The van der Waals surface area contributed by atoms with Crippen molar-refractivity contribution in [2.75, 3.05) is 56.6 Å². The lowest BCUT2D eigenvalue weighted by Crippen LogP contribution is -2.50. The van der Waals surface area contributed by atoms with Crippen LogP contribution in [0, 0.1) is 11.6 Å². The number of ether oxygens (including phenoxy) is 3. The quantitative estimate of drug-likeness (QED) is 0.203. The molecule has 0 bridgehead atoms. The van der Waals surface area contributed by atoms with Crippen LogP contribution in [0.25, 0.3) is 32.2 Å². The fourth-order valence-electron chi connectivity index (χ4n) is 6.53. The molecule has 4 aromatic rings. The van der Waals surface area contributed by atoms with Crippen molar-refractivity contribution in [3.8, 4) is 17.1 Å². The van der Waals surface area contributed by atoms with Crippen molar-refractivity contribution in [3.05, 3.63) is 35.4 Å². The molecular weight excluding hydrogens is 693 g/mol. The number of fused-ring (bicyclic) bond motifs is 2. The molecule has 2 aliphatic heterocycles. The van der Waals surface area contributed by atoms with Gasteiger partial charge in [-0.1, -0.05) is 18.3 Å². The lowest BCUT2D eigenvalue weighted by molar-refractivity contribution is 0.0240. The molecule has 6 rings (SSSR count). The Morgan fingerprint density at radius 3 is 2.31 bits per heavy atom. The molecule has 1 atom stereocenters. The van der Waals surface area contributed by atoms with E-state index in [1.807, 2.05) is 45.7 Å². The average molecular weight is 740 g/mol. The number of anilines is 2. The van der Waals surface area contributed by atoms with Gasteiger partial charge in [-0.05, 0) is 98.2 Å². The van der Waals surface area contributed by atoms with Gasteiger partial charge in [0.1, 0.15) is 35.0 Å². The van der Waals surface area contributed by atoms with E-state index in [4.69, 9.17) is 19.2 Å². The SMILES string of the molecule is CCc1cc2c(N3CCN(C(=O)OC(C)(C)C)CC3)nc(OCC3CCCN3C)nc2c(F)c1-c1ccc(F)c2sc(NC(=O)OC(C)(C)C)nc12. The summed E-state index contributed by atoms with van der Waals surface area (Å²) in [5.41, 5.74) is 0.137. The molecule has 2 amide bonds. The number of halogens is 2. The molecular formula is C37H47F2N7O5S. The van der Waals surface area contributed by atoms with E-state index in [2.05, 4.69) is 20.2 Å². The first-order valence-corrected chi connectivity index (χ1v) is 18.5. The summed E-state index contributed by atoms with van der Waals surface area (Å²) in [5, 5.41) is 3.21. The molecule has 4 heterocycles. The van der Waals surface area contributed by atoms with Crippen molar-refractivity contribution in [2.45, 2.75) is 85.0 Å². The van der Waals surface area contributed by atoms with Crippen LogP contribution >= 0.6 is 11.3 Å². The molecule has 0 radical (unpaired) electrons. The topological polar surface area (TPSA) is 122 Å². The molecule has 1 unspecified atom stereocenters. The highest BCUT2D eigenvalue weighted by molar-refractivity contribution is 7.22. The third kappa shape index (κ3) is 8.15. The molecule has 280 valence electrons. The van der Waals surface area contributed by atoms with Crippen molar-refractivity contribution in [1.29, 1.82) is 0 Å². The first kappa shape index (κ1) is 37.4. The zero-order valence-corrected chi connectivity index (χ0v) is 31.9. The lowest BCUT2D eigenvalue weighted by atomic mass is 9.94. The smallest absolute Gasteiger partial charge is 0.413 e. The number of aromatic nitrogens is 3. The molecule has 1 N–H and O–H groups in total. The first-order valence-electron chi connectivity index (χ1n) is 17.7. The van der Waals surface area contributed by atoms with Gasteiger partial charge in [0.15, 0.2) is 10.9 Å². The minimum absolute atomic E-state index is 0.0493. The number of thiazole rings is 1. The van der Waals surface area contributed by atoms with Gasteiger partial charge in [0, 0.05) is 48.7 Å². The summed E-state index contributed by atoms with van der Waals surface area (Å²) >= 11 is 0.944. The van der Waals surface area contributed by atoms with E-state index in [0.717, 1.165) is 30.7 Å². The van der Waals surface area contributed by atoms with E-state index in [1.54, 1.807) is 25.7 Å². The number of rotatable bonds is 7. The number of piperazine rings is 1. The molecule has 0 spiro atoms. The molecule has 2 aromatic heterocycles. The van der Waals surface area contributed by atoms with Gasteiger partial charge in [0.25, 0.3) is 0 Å². The molecule has 2 aromatic carbocycles. The molecule has 15 heteroatoms. The van der Waals surface area contributed by atoms with Crippen LogP contribution in [-0.4, -0.2) is 101 Å². The highest BCUT2D eigenvalue weighted by atomic mass is 32.1. The number of amides is 2. The largest absolute Gasteiger partial charge is 0.462 e. The number of nitrogens with one attached hydrogen (secondary N) is 1. The van der Waals surface area contributed by atoms with Gasteiger partial charge >= 0.3 is 18.2 Å². The minimum Gasteiger partial charge on any atom is -0.462 e. The van der Waals surface area contributed by atoms with Crippen molar-refractivity contribution in [3.63, 3.8) is 0 Å². The number of carbonyl (C=O) groups excluding carboxylic acids is 2. The van der Waals surface area contributed by atoms with Crippen LogP contribution in [0.5, 0.6) is 6.01 Å². The van der Waals surface area contributed by atoms with Crippen molar-refractivity contribution < 1.29 is 32.6 Å². The molecule has 52 heavy (non-hydrogen) atoms. The monoisotopic (exact) mass is 739 g/mol. The molecule has 2 saturated heterocycles. The third-order valence-corrected chi connectivity index (χ3v) is 10.0. The van der Waals surface area contributed by atoms with Crippen LogP contribution in [0.15, 0.2) is 18.2 Å². The maximum absolute atomic E-state index is 17.2. The average Bonchev–Trinajstić information content (AvgIpc) is 3.68. The van der Waals surface area contributed by atoms with Gasteiger partial charge in [-0.25, -0.2) is 23.4 Å². The van der Waals surface area contributed by atoms with Crippen molar-refractivity contribution >= 4 is 55.6 Å². The Kier molecular flexibility index (Phi) is 10.5. The number of benzene rings is 2. The second kappa shape index (κ2) is 14.6. The summed E-state index contributed by atoms with van der Waals surface area (Å²) in [5.74, 6) is -0.656. The zero-order chi connectivity index (χ0) is 37.5. The van der Waals surface area contributed by atoms with Gasteiger partial charge in [0.05, 0.1) is 10.2 Å². The molecule has 2 aliphatic rings. The van der Waals surface area contributed by atoms with Crippen molar-refractivity contribution in [1.82, 2.24) is 24.8 Å². The summed E-state index contributed by atoms with van der Waals surface area (Å²) in [6.45, 7) is 15.6. The van der Waals surface area contributed by atoms with Crippen LogP contribution < -0.4 is 15.0 Å². The van der Waals surface area contributed by atoms with Crippen LogP contribution in [0.3, 0.4) is 0 Å². The number of likely N-dealkylation sites (N-methyl/N-ethyl adjacent to an activating group) is 1. The highest BCUT2D eigenvalue weighted by Crippen LogP contribution is 2.42. The number of nitrogens with zero attached hydrogens (tertiary/aromatic N) is 6. The maximum Gasteiger partial charge on any atom is 0.413 e. The van der Waals surface area contributed by atoms with E-state index >= 15 is 8.78 Å². The summed E-state index contributed by atoms with van der Waals surface area (Å²) in [6.07, 6.45) is 1.36. The zero-order valence-electron chi connectivity index (χ0n) is 31.1. The predicted octanol–water partition coefficient (Wildman–Crippen LogP) is 7.62. The Morgan fingerprint density at radius 1 is 0.962 bits per heavy atom. The molecule has 12 nitrogen and oxygen atoms in total. The van der Waals surface area contributed by atoms with Gasteiger partial charge < -0.3 is 28.9 Å². The standard InChI is InChI=1S/C37H47F2N7O5S/c1-9-21-19-24-28(27(39)26(21)23-12-13-25(38)30-29(23)41-33(52-30)43-34(47)50-36(2,3)4)40-32(49-20-22-11-10-14-44(22)8)42-31(24)45-15-17-46(18-16-45)35(48)51-37(5,6)7/h12-13,19,22H,9-11,14-18,20H2,1-8H3,(H,41,43,47). The van der Waals surface area contributed by atoms with Crippen molar-refractivity contribution in [2.24, 2.45) is 0 Å². The highest BCUT2D eigenvalue weighted by Gasteiger charge is 2.30. The fourth-order valence-corrected chi connectivity index (χ4v) is 7.41. The van der Waals surface area contributed by atoms with Crippen LogP contribution in [-0.2, 0) is 15.9 Å². The third-order valence-electron chi connectivity index (χ3n) is 9.03. The summed E-state index contributed by atoms with van der Waals surface area (Å²) in [7, 11) is 2.05. The van der Waals surface area contributed by atoms with E-state index in [0.29, 0.717) is 61.5 Å². The molecule has 0 saturated carbocycles. The number of carbonyl (C=O) groups is 2. The van der Waals surface area contributed by atoms with Gasteiger partial charge in [0.2, 0.25) is 0 Å². The Hall–Kier alpha value is -4.37. The second-order valence-electron chi connectivity index (χ2n) is 15.3. The van der Waals surface area contributed by atoms with Gasteiger partial charge in [-0.2, -0.15) is 9.97 Å². The summed E-state index contributed by atoms with van der Waals surface area (Å²) < 4.78 is 49.7.